The highest BCUT2D eigenvalue weighted by Gasteiger charge is 2.56. The van der Waals surface area contributed by atoms with Crippen LogP contribution in [0, 0.1) is 0 Å². The van der Waals surface area contributed by atoms with E-state index in [0.717, 1.165) is 7.05 Å². The molecular weight excluding hydrogens is 249 g/mol. The molecule has 0 heterocycles. The molecule has 0 aliphatic rings. The largest absolute Gasteiger partial charge is 0.356 e. The minimum atomic E-state index is -5.30. The first kappa shape index (κ1) is 14.9. The first-order chi connectivity index (χ1) is 7.16. The minimum Gasteiger partial charge on any atom is -0.356 e. The van der Waals surface area contributed by atoms with Gasteiger partial charge in [-0.15, -0.1) is 4.90 Å². The van der Waals surface area contributed by atoms with Crippen molar-refractivity contribution in [3.63, 3.8) is 0 Å². The fourth-order valence-electron chi connectivity index (χ4n) is 0.761. The van der Waals surface area contributed by atoms with Gasteiger partial charge in [0, 0.05) is 7.05 Å². The van der Waals surface area contributed by atoms with Crippen molar-refractivity contribution >= 4 is 5.91 Å². The monoisotopic (exact) mass is 256 g/mol. The maximum absolute atomic E-state index is 12.8. The Morgan fingerprint density at radius 3 is 1.75 bits per heavy atom. The SMILES string of the molecule is CNC(=O)C(F)C(F)(F)N(C(F)F)C(F)F. The molecule has 0 aliphatic carbocycles. The number of nitrogens with zero attached hydrogens (tertiary/aromatic N) is 1. The van der Waals surface area contributed by atoms with Crippen LogP contribution in [0.3, 0.4) is 0 Å². The third kappa shape index (κ3) is 2.97. The maximum Gasteiger partial charge on any atom is 0.353 e. The second kappa shape index (κ2) is 5.32. The summed E-state index contributed by atoms with van der Waals surface area (Å²) in [5, 5.41) is 1.39. The molecule has 0 aromatic carbocycles. The van der Waals surface area contributed by atoms with Gasteiger partial charge in [-0.1, -0.05) is 0 Å². The fourth-order valence-corrected chi connectivity index (χ4v) is 0.761. The van der Waals surface area contributed by atoms with Crippen LogP contribution < -0.4 is 5.32 Å². The van der Waals surface area contributed by atoms with Crippen LogP contribution in [0.1, 0.15) is 0 Å². The number of carbonyl (C=O) groups excluding carboxylic acids is 1. The molecule has 0 aromatic rings. The van der Waals surface area contributed by atoms with E-state index in [9.17, 15) is 35.5 Å². The molecular formula is C6H7F7N2O. The van der Waals surface area contributed by atoms with Crippen LogP contribution in [-0.4, -0.2) is 43.2 Å². The molecule has 0 aromatic heterocycles. The number of rotatable bonds is 5. The van der Waals surface area contributed by atoms with Gasteiger partial charge in [-0.3, -0.25) is 4.79 Å². The minimum absolute atomic E-state index is 0.750. The molecule has 3 nitrogen and oxygen atoms in total. The highest BCUT2D eigenvalue weighted by molar-refractivity contribution is 5.81. The summed E-state index contributed by atoms with van der Waals surface area (Å²) in [6, 6.07) is -5.30. The van der Waals surface area contributed by atoms with Crippen LogP contribution in [0.4, 0.5) is 30.7 Å². The van der Waals surface area contributed by atoms with Gasteiger partial charge in [0.1, 0.15) is 0 Å². The Balaban J connectivity index is 5.05. The van der Waals surface area contributed by atoms with Crippen LogP contribution in [0.25, 0.3) is 0 Å². The van der Waals surface area contributed by atoms with Gasteiger partial charge >= 0.3 is 19.1 Å². The van der Waals surface area contributed by atoms with Gasteiger partial charge in [0.2, 0.25) is 0 Å². The van der Waals surface area contributed by atoms with E-state index in [1.165, 1.54) is 5.32 Å². The summed E-state index contributed by atoms with van der Waals surface area (Å²) < 4.78 is 85.5. The molecule has 1 N–H and O–H groups in total. The number of hydrogen-bond acceptors (Lipinski definition) is 2. The lowest BCUT2D eigenvalue weighted by atomic mass is 10.3. The maximum atomic E-state index is 12.8. The summed E-state index contributed by atoms with van der Waals surface area (Å²) in [5.74, 6) is -1.98. The van der Waals surface area contributed by atoms with E-state index in [4.69, 9.17) is 0 Å². The Morgan fingerprint density at radius 2 is 1.50 bits per heavy atom. The van der Waals surface area contributed by atoms with E-state index < -0.39 is 36.1 Å². The molecule has 0 saturated carbocycles. The summed E-state index contributed by atoms with van der Waals surface area (Å²) in [4.78, 5) is 8.45. The first-order valence-electron chi connectivity index (χ1n) is 3.74. The van der Waals surface area contributed by atoms with E-state index >= 15 is 0 Å². The lowest BCUT2D eigenvalue weighted by molar-refractivity contribution is -0.298. The third-order valence-corrected chi connectivity index (χ3v) is 1.55. The molecule has 0 radical (unpaired) electrons. The normalized spacial score (nSPS) is 14.7. The second-order valence-corrected chi connectivity index (χ2v) is 2.53. The third-order valence-electron chi connectivity index (χ3n) is 1.55. The predicted molar refractivity (Wildman–Crippen MR) is 37.8 cm³/mol. The van der Waals surface area contributed by atoms with Crippen molar-refractivity contribution in [2.24, 2.45) is 0 Å². The van der Waals surface area contributed by atoms with Gasteiger partial charge in [0.15, 0.2) is 0 Å². The Morgan fingerprint density at radius 1 is 1.12 bits per heavy atom. The van der Waals surface area contributed by atoms with E-state index in [-0.39, 0.29) is 0 Å². The summed E-state index contributed by atoms with van der Waals surface area (Å²) in [6.45, 7) is -8.61. The molecule has 1 atom stereocenters. The van der Waals surface area contributed by atoms with Crippen LogP contribution in [0.15, 0.2) is 0 Å². The molecule has 1 unspecified atom stereocenters. The number of nitrogens with one attached hydrogen (secondary N) is 1. The number of carbonyl (C=O) groups is 1. The van der Waals surface area contributed by atoms with Crippen molar-refractivity contribution in [2.45, 2.75) is 25.3 Å². The highest BCUT2D eigenvalue weighted by atomic mass is 19.3. The Hall–Kier alpha value is -1.06. The van der Waals surface area contributed by atoms with Crippen molar-refractivity contribution in [3.05, 3.63) is 0 Å². The van der Waals surface area contributed by atoms with Crippen LogP contribution in [0.5, 0.6) is 0 Å². The van der Waals surface area contributed by atoms with Gasteiger partial charge < -0.3 is 5.32 Å². The van der Waals surface area contributed by atoms with Gasteiger partial charge in [-0.25, -0.2) is 4.39 Å². The summed E-state index contributed by atoms with van der Waals surface area (Å²) in [5.41, 5.74) is 0. The standard InChI is InChI=1S/C6H7F7N2O/c1-14-3(16)2(7)6(12,13)15(4(8)9)5(10)11/h2,4-5H,1H3,(H,14,16). The van der Waals surface area contributed by atoms with E-state index in [1.807, 2.05) is 0 Å². The van der Waals surface area contributed by atoms with E-state index in [1.54, 1.807) is 0 Å². The molecule has 0 spiro atoms. The van der Waals surface area contributed by atoms with E-state index in [0.29, 0.717) is 0 Å². The van der Waals surface area contributed by atoms with Gasteiger partial charge in [0.25, 0.3) is 12.1 Å². The van der Waals surface area contributed by atoms with Crippen molar-refractivity contribution < 1.29 is 35.5 Å². The number of amides is 1. The topological polar surface area (TPSA) is 32.3 Å². The Labute approximate surface area is 85.2 Å². The summed E-state index contributed by atoms with van der Waals surface area (Å²) in [6.07, 6.45) is -3.82. The number of hydrogen-bond donors (Lipinski definition) is 1. The fraction of sp³-hybridized carbons (Fsp3) is 0.833. The van der Waals surface area contributed by atoms with Gasteiger partial charge in [-0.05, 0) is 0 Å². The molecule has 0 aliphatic heterocycles. The lowest BCUT2D eigenvalue weighted by Gasteiger charge is -2.30. The molecule has 0 saturated heterocycles. The van der Waals surface area contributed by atoms with Crippen molar-refractivity contribution in [3.8, 4) is 0 Å². The molecule has 0 fully saturated rings. The summed E-state index contributed by atoms with van der Waals surface area (Å²) in [7, 11) is 0.750. The molecule has 16 heavy (non-hydrogen) atoms. The van der Waals surface area contributed by atoms with Crippen molar-refractivity contribution in [2.75, 3.05) is 7.05 Å². The predicted octanol–water partition coefficient (Wildman–Crippen LogP) is 1.41. The number of halogens is 7. The zero-order chi connectivity index (χ0) is 13.1. The summed E-state index contributed by atoms with van der Waals surface area (Å²) >= 11 is 0. The second-order valence-electron chi connectivity index (χ2n) is 2.53. The zero-order valence-corrected chi connectivity index (χ0v) is 7.73. The van der Waals surface area contributed by atoms with Crippen LogP contribution in [-0.2, 0) is 4.79 Å². The van der Waals surface area contributed by atoms with Crippen LogP contribution >= 0.6 is 0 Å². The first-order valence-corrected chi connectivity index (χ1v) is 3.74. The molecule has 10 heteroatoms. The zero-order valence-electron chi connectivity index (χ0n) is 7.73. The van der Waals surface area contributed by atoms with Gasteiger partial charge in [0.05, 0.1) is 0 Å². The average Bonchev–Trinajstić information content (AvgIpc) is 2.13. The van der Waals surface area contributed by atoms with Crippen molar-refractivity contribution in [1.82, 2.24) is 10.2 Å². The molecule has 0 bridgehead atoms. The smallest absolute Gasteiger partial charge is 0.353 e. The molecule has 1 amide bonds. The molecule has 96 valence electrons. The van der Waals surface area contributed by atoms with Crippen molar-refractivity contribution in [1.29, 1.82) is 0 Å². The van der Waals surface area contributed by atoms with E-state index in [2.05, 4.69) is 0 Å². The Bertz CT molecular complexity index is 239. The van der Waals surface area contributed by atoms with Gasteiger partial charge in [-0.2, -0.15) is 26.3 Å². The molecule has 0 rings (SSSR count). The lowest BCUT2D eigenvalue weighted by Crippen LogP contribution is -2.57. The highest BCUT2D eigenvalue weighted by Crippen LogP contribution is 2.32. The average molecular weight is 256 g/mol. The Kier molecular flexibility index (Phi) is 4.97. The quantitative estimate of drug-likeness (QED) is 0.596. The number of alkyl halides is 7. The van der Waals surface area contributed by atoms with Crippen LogP contribution in [0.2, 0.25) is 0 Å².